The second kappa shape index (κ2) is 9.19. The molecule has 3 aromatic heterocycles. The van der Waals surface area contributed by atoms with Crippen molar-refractivity contribution in [3.63, 3.8) is 0 Å². The minimum atomic E-state index is -4.47. The zero-order valence-corrected chi connectivity index (χ0v) is 20.3. The number of H-pyrrole nitrogens is 1. The number of aromatic nitrogens is 3. The Bertz CT molecular complexity index is 1590. The topological polar surface area (TPSA) is 125 Å². The fourth-order valence-corrected chi connectivity index (χ4v) is 4.53. The van der Waals surface area contributed by atoms with Gasteiger partial charge in [-0.05, 0) is 42.2 Å². The molecule has 2 amide bonds. The average molecular weight is 542 g/mol. The van der Waals surface area contributed by atoms with E-state index in [4.69, 9.17) is 4.52 Å². The number of hydrogen-bond donors (Lipinski definition) is 4. The first kappa shape index (κ1) is 25.0. The van der Waals surface area contributed by atoms with E-state index in [1.165, 1.54) is 12.1 Å². The van der Waals surface area contributed by atoms with Gasteiger partial charge in [-0.3, -0.25) is 9.59 Å². The highest BCUT2D eigenvalue weighted by Crippen LogP contribution is 2.59. The van der Waals surface area contributed by atoms with Crippen LogP contribution in [-0.4, -0.2) is 52.2 Å². The molecule has 0 atom stereocenters. The summed E-state index contributed by atoms with van der Waals surface area (Å²) >= 11 is 0. The lowest BCUT2D eigenvalue weighted by Crippen LogP contribution is -2.56. The van der Waals surface area contributed by atoms with E-state index in [1.807, 2.05) is 0 Å². The van der Waals surface area contributed by atoms with Crippen molar-refractivity contribution in [3.05, 3.63) is 65.4 Å². The predicted octanol–water partition coefficient (Wildman–Crippen LogP) is 3.83. The molecular formula is C26H22F4N6O3. The molecule has 0 unspecified atom stereocenters. The number of carbonyl (C=O) groups is 2. The van der Waals surface area contributed by atoms with Crippen LogP contribution in [0.25, 0.3) is 22.2 Å². The van der Waals surface area contributed by atoms with Gasteiger partial charge in [-0.1, -0.05) is 17.3 Å². The number of aromatic amines is 1. The summed E-state index contributed by atoms with van der Waals surface area (Å²) in [6, 6.07) is 8.95. The van der Waals surface area contributed by atoms with Crippen molar-refractivity contribution >= 4 is 28.7 Å². The molecule has 9 nitrogen and oxygen atoms in total. The summed E-state index contributed by atoms with van der Waals surface area (Å²) in [5.74, 6) is -2.04. The number of pyridine rings is 1. The molecule has 1 saturated heterocycles. The normalized spacial score (nSPS) is 16.6. The number of nitrogens with one attached hydrogen (secondary N) is 4. The first-order chi connectivity index (χ1) is 18.6. The Labute approximate surface area is 218 Å². The van der Waals surface area contributed by atoms with Crippen molar-refractivity contribution in [2.24, 2.45) is 0 Å². The van der Waals surface area contributed by atoms with Crippen LogP contribution in [0.4, 0.5) is 23.4 Å². The molecule has 1 aliphatic heterocycles. The van der Waals surface area contributed by atoms with Crippen LogP contribution in [0.5, 0.6) is 0 Å². The quantitative estimate of drug-likeness (QED) is 0.263. The minimum absolute atomic E-state index is 0.0914. The molecule has 0 spiro atoms. The third-order valence-corrected chi connectivity index (χ3v) is 7.11. The monoisotopic (exact) mass is 542 g/mol. The summed E-state index contributed by atoms with van der Waals surface area (Å²) in [7, 11) is 0. The predicted molar refractivity (Wildman–Crippen MR) is 131 cm³/mol. The SMILES string of the molecule is O=C(Cc1ccc(-c2cnc3[nH]c(C(=O)NC4CNC4)cc3c2)cc1F)Nc1cc(C2(C(F)(F)F)CC2)on1. The van der Waals surface area contributed by atoms with Crippen LogP contribution in [0.3, 0.4) is 0 Å². The molecule has 2 aliphatic rings. The number of rotatable bonds is 7. The van der Waals surface area contributed by atoms with E-state index < -0.39 is 23.3 Å². The van der Waals surface area contributed by atoms with E-state index in [-0.39, 0.29) is 48.4 Å². The molecule has 0 radical (unpaired) electrons. The van der Waals surface area contributed by atoms with Gasteiger partial charge in [-0.25, -0.2) is 9.37 Å². The summed E-state index contributed by atoms with van der Waals surface area (Å²) in [5, 5.41) is 12.5. The molecule has 4 heterocycles. The maximum Gasteiger partial charge on any atom is 0.401 e. The molecule has 1 aromatic carbocycles. The summed E-state index contributed by atoms with van der Waals surface area (Å²) < 4.78 is 59.5. The summed E-state index contributed by atoms with van der Waals surface area (Å²) in [4.78, 5) is 32.2. The summed E-state index contributed by atoms with van der Waals surface area (Å²) in [6.07, 6.45) is -3.48. The third-order valence-electron chi connectivity index (χ3n) is 7.11. The fraction of sp³-hybridized carbons (Fsp3) is 0.308. The number of hydrogen-bond acceptors (Lipinski definition) is 6. The molecule has 4 aromatic rings. The van der Waals surface area contributed by atoms with E-state index in [2.05, 4.69) is 31.1 Å². The Kier molecular flexibility index (Phi) is 5.90. The molecule has 39 heavy (non-hydrogen) atoms. The van der Waals surface area contributed by atoms with E-state index in [9.17, 15) is 27.2 Å². The smallest absolute Gasteiger partial charge is 0.358 e. The largest absolute Gasteiger partial charge is 0.401 e. The van der Waals surface area contributed by atoms with Gasteiger partial charge < -0.3 is 25.5 Å². The average Bonchev–Trinajstić information content (AvgIpc) is 3.38. The molecule has 1 aliphatic carbocycles. The maximum atomic E-state index is 14.9. The van der Waals surface area contributed by atoms with Gasteiger partial charge in [0.2, 0.25) is 5.91 Å². The van der Waals surface area contributed by atoms with Crippen LogP contribution < -0.4 is 16.0 Å². The van der Waals surface area contributed by atoms with E-state index in [0.29, 0.717) is 27.9 Å². The van der Waals surface area contributed by atoms with Crippen LogP contribution in [0.15, 0.2) is 47.1 Å². The van der Waals surface area contributed by atoms with Gasteiger partial charge in [-0.2, -0.15) is 13.2 Å². The summed E-state index contributed by atoms with van der Waals surface area (Å²) in [5.41, 5.74) is 0.0590. The fourth-order valence-electron chi connectivity index (χ4n) is 4.53. The lowest BCUT2D eigenvalue weighted by molar-refractivity contribution is -0.165. The van der Waals surface area contributed by atoms with Gasteiger partial charge in [0, 0.05) is 36.3 Å². The number of halogens is 4. The lowest BCUT2D eigenvalue weighted by Gasteiger charge is -2.27. The Morgan fingerprint density at radius 2 is 1.90 bits per heavy atom. The molecule has 1 saturated carbocycles. The van der Waals surface area contributed by atoms with E-state index in [1.54, 1.807) is 24.4 Å². The Hall–Kier alpha value is -4.26. The first-order valence-electron chi connectivity index (χ1n) is 12.2. The van der Waals surface area contributed by atoms with Crippen LogP contribution in [0.2, 0.25) is 0 Å². The third kappa shape index (κ3) is 4.73. The highest BCUT2D eigenvalue weighted by atomic mass is 19.4. The molecule has 6 rings (SSSR count). The van der Waals surface area contributed by atoms with Gasteiger partial charge in [-0.15, -0.1) is 0 Å². The van der Waals surface area contributed by atoms with Crippen LogP contribution in [0, 0.1) is 5.82 Å². The van der Waals surface area contributed by atoms with Gasteiger partial charge in [0.1, 0.15) is 22.6 Å². The molecule has 0 bridgehead atoms. The molecule has 13 heteroatoms. The number of anilines is 1. The van der Waals surface area contributed by atoms with Crippen molar-refractivity contribution in [3.8, 4) is 11.1 Å². The van der Waals surface area contributed by atoms with Gasteiger partial charge >= 0.3 is 6.18 Å². The van der Waals surface area contributed by atoms with Crippen LogP contribution in [0.1, 0.15) is 34.7 Å². The van der Waals surface area contributed by atoms with Crippen LogP contribution in [-0.2, 0) is 16.6 Å². The first-order valence-corrected chi connectivity index (χ1v) is 12.2. The van der Waals surface area contributed by atoms with Crippen molar-refractivity contribution in [1.29, 1.82) is 0 Å². The standard InChI is InChI=1S/C26H22F4N6O3/c27-18-6-13(16-5-15-7-19(34-23(15)32-10-16)24(38)33-17-11-31-12-17)1-2-14(18)8-22(37)35-21-9-20(39-36-21)25(3-4-25)26(28,29)30/h1-2,5-7,9-10,17,31H,3-4,8,11-12H2,(H,32,34)(H,33,38)(H,35,36,37). The highest BCUT2D eigenvalue weighted by molar-refractivity contribution is 5.98. The Morgan fingerprint density at radius 3 is 2.56 bits per heavy atom. The number of benzene rings is 1. The number of nitrogens with zero attached hydrogens (tertiary/aromatic N) is 2. The Morgan fingerprint density at radius 1 is 1.10 bits per heavy atom. The zero-order valence-electron chi connectivity index (χ0n) is 20.3. The lowest BCUT2D eigenvalue weighted by atomic mass is 10.0. The van der Waals surface area contributed by atoms with Crippen molar-refractivity contribution in [2.45, 2.75) is 36.9 Å². The van der Waals surface area contributed by atoms with Crippen LogP contribution >= 0.6 is 0 Å². The van der Waals surface area contributed by atoms with Gasteiger partial charge in [0.25, 0.3) is 5.91 Å². The molecule has 4 N–H and O–H groups in total. The molecular weight excluding hydrogens is 520 g/mol. The van der Waals surface area contributed by atoms with Gasteiger partial charge in [0.15, 0.2) is 11.6 Å². The van der Waals surface area contributed by atoms with Crippen molar-refractivity contribution < 1.29 is 31.7 Å². The van der Waals surface area contributed by atoms with Crippen molar-refractivity contribution in [2.75, 3.05) is 18.4 Å². The summed E-state index contributed by atoms with van der Waals surface area (Å²) in [6.45, 7) is 1.45. The second-order valence-electron chi connectivity index (χ2n) is 9.86. The molecule has 2 fully saturated rings. The number of amides is 2. The van der Waals surface area contributed by atoms with Gasteiger partial charge in [0.05, 0.1) is 12.5 Å². The van der Waals surface area contributed by atoms with E-state index in [0.717, 1.165) is 19.2 Å². The number of fused-ring (bicyclic) bond motifs is 1. The minimum Gasteiger partial charge on any atom is -0.358 e. The zero-order chi connectivity index (χ0) is 27.4. The van der Waals surface area contributed by atoms with E-state index >= 15 is 0 Å². The number of carbonyl (C=O) groups excluding carboxylic acids is 2. The molecule has 202 valence electrons. The highest BCUT2D eigenvalue weighted by Gasteiger charge is 2.66. The van der Waals surface area contributed by atoms with Crippen molar-refractivity contribution in [1.82, 2.24) is 25.8 Å². The second-order valence-corrected chi connectivity index (χ2v) is 9.86. The Balaban J connectivity index is 1.12. The number of alkyl halides is 3. The maximum absolute atomic E-state index is 14.9.